The number of aromatic amines is 1. The number of hydrogen-bond acceptors (Lipinski definition) is 6. The Bertz CT molecular complexity index is 1700. The van der Waals surface area contributed by atoms with Crippen LogP contribution in [0.5, 0.6) is 5.88 Å². The van der Waals surface area contributed by atoms with Crippen molar-refractivity contribution < 1.29 is 4.74 Å². The lowest BCUT2D eigenvalue weighted by Gasteiger charge is -2.33. The van der Waals surface area contributed by atoms with Crippen LogP contribution in [-0.2, 0) is 6.42 Å². The molecule has 0 radical (unpaired) electrons. The molecule has 0 fully saturated rings. The zero-order chi connectivity index (χ0) is 26.6. The van der Waals surface area contributed by atoms with Crippen molar-refractivity contribution in [2.45, 2.75) is 18.6 Å². The molecule has 190 valence electrons. The summed E-state index contributed by atoms with van der Waals surface area (Å²) in [4.78, 5) is 8.06. The van der Waals surface area contributed by atoms with Crippen molar-refractivity contribution in [3.63, 3.8) is 0 Å². The Kier molecular flexibility index (Phi) is 6.66. The van der Waals surface area contributed by atoms with Crippen molar-refractivity contribution in [3.8, 4) is 29.3 Å². The van der Waals surface area contributed by atoms with E-state index in [0.29, 0.717) is 23.6 Å². The number of nitriles is 2. The maximum Gasteiger partial charge on any atom is 0.237 e. The molecule has 1 aliphatic heterocycles. The Labute approximate surface area is 226 Å². The maximum atomic E-state index is 9.19. The second-order valence-corrected chi connectivity index (χ2v) is 9.61. The van der Waals surface area contributed by atoms with E-state index in [-0.39, 0.29) is 12.1 Å². The van der Waals surface area contributed by atoms with E-state index in [1.54, 1.807) is 0 Å². The molecule has 7 heteroatoms. The van der Waals surface area contributed by atoms with E-state index < -0.39 is 0 Å². The predicted octanol–water partition coefficient (Wildman–Crippen LogP) is 5.72. The summed E-state index contributed by atoms with van der Waals surface area (Å²) >= 11 is 0. The summed E-state index contributed by atoms with van der Waals surface area (Å²) in [5, 5.41) is 26.5. The number of aromatic nitrogens is 2. The second-order valence-electron chi connectivity index (χ2n) is 9.61. The molecule has 0 unspecified atom stereocenters. The van der Waals surface area contributed by atoms with Crippen molar-refractivity contribution in [1.29, 1.82) is 10.5 Å². The molecule has 5 aromatic rings. The smallest absolute Gasteiger partial charge is 0.237 e. The summed E-state index contributed by atoms with van der Waals surface area (Å²) in [6, 6.07) is 32.1. The number of hydrogen-bond donors (Lipinski definition) is 3. The van der Waals surface area contributed by atoms with Crippen LogP contribution in [0.3, 0.4) is 0 Å². The lowest BCUT2D eigenvalue weighted by molar-refractivity contribution is 0.150. The standard InChI is InChI=1S/C32H26N6O/c33-17-22-8-6-21(7-9-22)12-13-35-31(24-4-2-1-3-5-24)30-20-36-29-16-26(19-37-32(29)39-30)28-15-25-11-10-23(18-34)14-27(25)38-28/h1-11,14-16,19,30-31,35-36,38H,12-13,20H2/t30-,31+/m0/s1. The van der Waals surface area contributed by atoms with Gasteiger partial charge >= 0.3 is 0 Å². The van der Waals surface area contributed by atoms with Crippen LogP contribution >= 0.6 is 0 Å². The van der Waals surface area contributed by atoms with Gasteiger partial charge in [-0.2, -0.15) is 10.5 Å². The molecule has 6 rings (SSSR count). The van der Waals surface area contributed by atoms with Gasteiger partial charge in [0.2, 0.25) is 5.88 Å². The quantitative estimate of drug-likeness (QED) is 0.258. The summed E-state index contributed by atoms with van der Waals surface area (Å²) in [5.41, 5.74) is 7.27. The van der Waals surface area contributed by atoms with Gasteiger partial charge in [-0.05, 0) is 60.5 Å². The molecule has 0 spiro atoms. The van der Waals surface area contributed by atoms with Crippen LogP contribution in [0.4, 0.5) is 5.69 Å². The van der Waals surface area contributed by atoms with Crippen molar-refractivity contribution >= 4 is 16.6 Å². The SMILES string of the molecule is N#Cc1ccc(CCN[C@H](c2ccccc2)[C@@H]2CNc3cc(-c4cc5ccc(C#N)cc5[nH]4)cnc3O2)cc1. The number of ether oxygens (including phenoxy) is 1. The third kappa shape index (κ3) is 5.17. The lowest BCUT2D eigenvalue weighted by atomic mass is 9.99. The molecule has 7 nitrogen and oxygen atoms in total. The Morgan fingerprint density at radius 3 is 2.54 bits per heavy atom. The van der Waals surface area contributed by atoms with Crippen LogP contribution in [0.1, 0.15) is 28.3 Å². The molecular formula is C32H26N6O. The molecule has 0 aliphatic carbocycles. The molecule has 0 amide bonds. The van der Waals surface area contributed by atoms with Gasteiger partial charge < -0.3 is 20.4 Å². The Morgan fingerprint density at radius 2 is 1.74 bits per heavy atom. The average molecular weight is 511 g/mol. The van der Waals surface area contributed by atoms with E-state index in [2.05, 4.69) is 50.9 Å². The van der Waals surface area contributed by atoms with Crippen molar-refractivity contribution in [3.05, 3.63) is 113 Å². The summed E-state index contributed by atoms with van der Waals surface area (Å²) < 4.78 is 6.44. The first kappa shape index (κ1) is 24.2. The van der Waals surface area contributed by atoms with Crippen LogP contribution in [0.25, 0.3) is 22.2 Å². The van der Waals surface area contributed by atoms with Crippen LogP contribution in [0.15, 0.2) is 91.1 Å². The summed E-state index contributed by atoms with van der Waals surface area (Å²) in [6.45, 7) is 1.39. The van der Waals surface area contributed by atoms with Gasteiger partial charge in [-0.3, -0.25) is 0 Å². The van der Waals surface area contributed by atoms with E-state index in [1.807, 2.05) is 72.9 Å². The minimum absolute atomic E-state index is 0.0326. The fourth-order valence-electron chi connectivity index (χ4n) is 5.00. The normalized spacial score (nSPS) is 14.9. The molecule has 3 N–H and O–H groups in total. The Balaban J connectivity index is 1.19. The van der Waals surface area contributed by atoms with Crippen LogP contribution in [0, 0.1) is 22.7 Å². The van der Waals surface area contributed by atoms with E-state index in [0.717, 1.165) is 46.4 Å². The van der Waals surface area contributed by atoms with Gasteiger partial charge in [0.25, 0.3) is 0 Å². The van der Waals surface area contributed by atoms with Gasteiger partial charge in [0.1, 0.15) is 6.10 Å². The number of benzene rings is 3. The highest BCUT2D eigenvalue weighted by molar-refractivity contribution is 5.87. The summed E-state index contributed by atoms with van der Waals surface area (Å²) in [5.74, 6) is 0.577. The first-order valence-electron chi connectivity index (χ1n) is 12.9. The minimum Gasteiger partial charge on any atom is -0.469 e. The molecular weight excluding hydrogens is 484 g/mol. The highest BCUT2D eigenvalue weighted by Gasteiger charge is 2.29. The van der Waals surface area contributed by atoms with Crippen LogP contribution < -0.4 is 15.4 Å². The highest BCUT2D eigenvalue weighted by atomic mass is 16.5. The fourth-order valence-corrected chi connectivity index (χ4v) is 5.00. The van der Waals surface area contributed by atoms with Crippen molar-refractivity contribution in [2.75, 3.05) is 18.4 Å². The molecule has 0 bridgehead atoms. The fraction of sp³-hybridized carbons (Fsp3) is 0.156. The number of nitrogens with zero attached hydrogens (tertiary/aromatic N) is 3. The van der Waals surface area contributed by atoms with E-state index in [1.165, 1.54) is 5.56 Å². The molecule has 2 aromatic heterocycles. The topological polar surface area (TPSA) is 110 Å². The zero-order valence-electron chi connectivity index (χ0n) is 21.2. The summed E-state index contributed by atoms with van der Waals surface area (Å²) in [6.07, 6.45) is 2.50. The molecule has 1 aliphatic rings. The van der Waals surface area contributed by atoms with E-state index >= 15 is 0 Å². The number of H-pyrrole nitrogens is 1. The number of anilines is 1. The zero-order valence-corrected chi connectivity index (χ0v) is 21.2. The van der Waals surface area contributed by atoms with Gasteiger partial charge in [-0.1, -0.05) is 48.5 Å². The minimum atomic E-state index is -0.156. The third-order valence-electron chi connectivity index (χ3n) is 7.06. The van der Waals surface area contributed by atoms with Gasteiger partial charge in [-0.25, -0.2) is 4.98 Å². The Morgan fingerprint density at radius 1 is 0.949 bits per heavy atom. The molecule has 0 saturated carbocycles. The van der Waals surface area contributed by atoms with Gasteiger partial charge in [0.05, 0.1) is 41.5 Å². The lowest BCUT2D eigenvalue weighted by Crippen LogP contribution is -2.43. The summed E-state index contributed by atoms with van der Waals surface area (Å²) in [7, 11) is 0. The third-order valence-corrected chi connectivity index (χ3v) is 7.06. The Hall–Kier alpha value is -5.11. The van der Waals surface area contributed by atoms with E-state index in [9.17, 15) is 5.26 Å². The molecule has 3 heterocycles. The molecule has 39 heavy (non-hydrogen) atoms. The first-order valence-corrected chi connectivity index (χ1v) is 12.9. The van der Waals surface area contributed by atoms with Crippen LogP contribution in [-0.4, -0.2) is 29.2 Å². The molecule has 3 aromatic carbocycles. The highest BCUT2D eigenvalue weighted by Crippen LogP contribution is 2.34. The van der Waals surface area contributed by atoms with Gasteiger partial charge in [-0.15, -0.1) is 0 Å². The van der Waals surface area contributed by atoms with Gasteiger partial charge in [0.15, 0.2) is 0 Å². The number of rotatable bonds is 7. The largest absolute Gasteiger partial charge is 0.469 e. The van der Waals surface area contributed by atoms with Crippen LogP contribution in [0.2, 0.25) is 0 Å². The predicted molar refractivity (Wildman–Crippen MR) is 151 cm³/mol. The number of pyridine rings is 1. The number of nitrogens with one attached hydrogen (secondary N) is 3. The van der Waals surface area contributed by atoms with E-state index in [4.69, 9.17) is 10.00 Å². The molecule has 2 atom stereocenters. The first-order chi connectivity index (χ1) is 19.2. The monoisotopic (exact) mass is 510 g/mol. The maximum absolute atomic E-state index is 9.19. The van der Waals surface area contributed by atoms with Gasteiger partial charge in [0, 0.05) is 28.4 Å². The average Bonchev–Trinajstić information content (AvgIpc) is 3.43. The molecule has 0 saturated heterocycles. The van der Waals surface area contributed by atoms with Crippen molar-refractivity contribution in [2.24, 2.45) is 0 Å². The van der Waals surface area contributed by atoms with Crippen molar-refractivity contribution in [1.82, 2.24) is 15.3 Å². The number of fused-ring (bicyclic) bond motifs is 2. The second kappa shape index (κ2) is 10.7.